The predicted octanol–water partition coefficient (Wildman–Crippen LogP) is 19.8. The molecular weight excluding hydrogens is 1070 g/mol. The largest absolute Gasteiger partial charge is 0.507 e. The van der Waals surface area contributed by atoms with E-state index in [1.165, 1.54) is 188 Å². The van der Waals surface area contributed by atoms with E-state index in [1.807, 2.05) is 12.4 Å². The fourth-order valence-corrected chi connectivity index (χ4v) is 12.3. The summed E-state index contributed by atoms with van der Waals surface area (Å²) in [6, 6.07) is 9.37. The Bertz CT molecular complexity index is 2000. The Morgan fingerprint density at radius 2 is 0.735 bits per heavy atom. The molecule has 0 saturated heterocycles. The molecule has 1 saturated carbocycles. The van der Waals surface area contributed by atoms with Crippen LogP contribution in [-0.4, -0.2) is 118 Å². The maximum absolute atomic E-state index is 12.1. The molecule has 0 aromatic heterocycles. The second-order valence-electron chi connectivity index (χ2n) is 25.7. The molecule has 3 rings (SSSR count). The Hall–Kier alpha value is -3.23. The van der Waals surface area contributed by atoms with E-state index in [0.29, 0.717) is 11.5 Å². The van der Waals surface area contributed by atoms with Crippen molar-refractivity contribution in [1.82, 2.24) is 0 Å². The van der Waals surface area contributed by atoms with Crippen molar-refractivity contribution in [3.63, 3.8) is 0 Å². The summed E-state index contributed by atoms with van der Waals surface area (Å²) < 4.78 is 2.57. The summed E-state index contributed by atoms with van der Waals surface area (Å²) >= 11 is 0. The minimum atomic E-state index is -1.31. The number of hydrogen-bond donors (Lipinski definition) is 4. The van der Waals surface area contributed by atoms with Gasteiger partial charge in [0.05, 0.1) is 64.4 Å². The third-order valence-corrected chi connectivity index (χ3v) is 18.1. The smallest absolute Gasteiger partial charge is 0.314 e. The molecule has 1 fully saturated rings. The van der Waals surface area contributed by atoms with Crippen LogP contribution < -0.4 is 0 Å². The van der Waals surface area contributed by atoms with Gasteiger partial charge in [-0.15, -0.1) is 0 Å². The Balaban J connectivity index is -0.00000544. The van der Waals surface area contributed by atoms with Crippen LogP contribution >= 0.6 is 0 Å². The number of rotatable bonds is 42. The van der Waals surface area contributed by atoms with Crippen LogP contribution in [0.25, 0.3) is 0 Å². The number of carbonyl (C=O) groups is 2. The number of phenolic OH excluding ortho intramolecular Hbond substituents is 2. The molecule has 2 unspecified atom stereocenters. The molecule has 2 aromatic rings. The summed E-state index contributed by atoms with van der Waals surface area (Å²) in [5.41, 5.74) is 6.53. The average molecular weight is 1200 g/mol. The van der Waals surface area contributed by atoms with Crippen LogP contribution in [0.4, 0.5) is 0 Å². The Labute approximate surface area is 524 Å². The summed E-state index contributed by atoms with van der Waals surface area (Å²) in [6.07, 6.45) is 32.5. The number of aromatic hydroxyl groups is 2. The monoisotopic (exact) mass is 1200 g/mol. The fourth-order valence-electron chi connectivity index (χ4n) is 12.3. The zero-order chi connectivity index (χ0) is 59.1. The summed E-state index contributed by atoms with van der Waals surface area (Å²) in [5.74, 6) is -1.46. The number of benzene rings is 2. The molecule has 0 radical (unpaired) electrons. The first-order chi connectivity index (χ1) is 37.6. The van der Waals surface area contributed by atoms with E-state index < -0.39 is 18.4 Å². The molecular formula is C72H134CrN4O6+2. The van der Waals surface area contributed by atoms with Crippen LogP contribution in [-0.2, 0) is 37.8 Å². The van der Waals surface area contributed by atoms with Crippen molar-refractivity contribution in [3.05, 3.63) is 57.6 Å². The molecule has 1 aliphatic carbocycles. The molecule has 83 heavy (non-hydrogen) atoms. The summed E-state index contributed by atoms with van der Waals surface area (Å²) in [5, 5.41) is 39.1. The van der Waals surface area contributed by atoms with Gasteiger partial charge in [0.25, 0.3) is 0 Å². The van der Waals surface area contributed by atoms with Crippen molar-refractivity contribution < 1.29 is 56.3 Å². The van der Waals surface area contributed by atoms with Crippen molar-refractivity contribution in [3.8, 4) is 11.5 Å². The number of aliphatic carboxylic acids is 2. The number of phenols is 2. The molecule has 2 atom stereocenters. The number of unbranched alkanes of at least 4 members (excludes halogenated alkanes) is 8. The third kappa shape index (κ3) is 28.4. The van der Waals surface area contributed by atoms with Crippen LogP contribution in [0, 0.1) is 0 Å². The first kappa shape index (κ1) is 84.0. The van der Waals surface area contributed by atoms with Gasteiger partial charge in [-0.1, -0.05) is 196 Å². The van der Waals surface area contributed by atoms with Gasteiger partial charge in [0.2, 0.25) is 0 Å². The number of aliphatic imine (C=N–C) groups is 2. The minimum Gasteiger partial charge on any atom is -0.507 e. The number of nitrogens with zero attached hydrogens (tertiary/aromatic N) is 4. The van der Waals surface area contributed by atoms with Crippen LogP contribution in [0.1, 0.15) is 325 Å². The zero-order valence-electron chi connectivity index (χ0n) is 53.9. The van der Waals surface area contributed by atoms with E-state index in [0.717, 1.165) is 60.8 Å². The molecule has 10 nitrogen and oxygen atoms in total. The molecule has 2 aromatic carbocycles. The molecule has 0 bridgehead atoms. The topological polar surface area (TPSA) is 140 Å². The number of carboxylic acid groups (broad SMARTS) is 2. The zero-order valence-corrected chi connectivity index (χ0v) is 55.2. The van der Waals surface area contributed by atoms with E-state index in [-0.39, 0.29) is 74.4 Å². The van der Waals surface area contributed by atoms with E-state index in [2.05, 4.69) is 121 Å². The summed E-state index contributed by atoms with van der Waals surface area (Å²) in [7, 11) is 0. The van der Waals surface area contributed by atoms with Crippen LogP contribution in [0.15, 0.2) is 34.3 Å². The van der Waals surface area contributed by atoms with Gasteiger partial charge < -0.3 is 29.4 Å². The van der Waals surface area contributed by atoms with Crippen LogP contribution in [0.5, 0.6) is 11.5 Å². The maximum Gasteiger partial charge on any atom is 0.314 e. The maximum atomic E-state index is 12.1. The van der Waals surface area contributed by atoms with Crippen LogP contribution in [0.3, 0.4) is 0 Å². The summed E-state index contributed by atoms with van der Waals surface area (Å²) in [4.78, 5) is 29.3. The molecule has 482 valence electrons. The van der Waals surface area contributed by atoms with Crippen molar-refractivity contribution in [2.24, 2.45) is 9.98 Å². The molecule has 0 heterocycles. The molecule has 1 aliphatic rings. The van der Waals surface area contributed by atoms with Crippen molar-refractivity contribution in [1.29, 1.82) is 0 Å². The first-order valence-electron chi connectivity index (χ1n) is 32.6. The molecule has 0 amide bonds. The number of quaternary nitrogens is 2. The van der Waals surface area contributed by atoms with Crippen LogP contribution in [0.2, 0.25) is 0 Å². The third-order valence-electron chi connectivity index (χ3n) is 18.1. The van der Waals surface area contributed by atoms with E-state index in [9.17, 15) is 19.8 Å². The predicted molar refractivity (Wildman–Crippen MR) is 358 cm³/mol. The average Bonchev–Trinajstić information content (AvgIpc) is 3.61. The Kier molecular flexibility index (Phi) is 44.8. The van der Waals surface area contributed by atoms with Gasteiger partial charge >= 0.3 is 11.9 Å². The van der Waals surface area contributed by atoms with Gasteiger partial charge in [-0.05, 0) is 147 Å². The normalized spacial score (nSPS) is 14.6. The van der Waals surface area contributed by atoms with Crippen molar-refractivity contribution in [2.75, 3.05) is 52.4 Å². The fraction of sp³-hybridized carbons (Fsp3) is 0.778. The quantitative estimate of drug-likeness (QED) is 0.0297. The molecule has 0 spiro atoms. The van der Waals surface area contributed by atoms with Gasteiger partial charge in [-0.25, -0.2) is 0 Å². The van der Waals surface area contributed by atoms with Crippen molar-refractivity contribution in [2.45, 2.75) is 314 Å². The minimum absolute atomic E-state index is 0. The SMILES string of the molecule is C.C.C.CCCCC(C)(CCCC)c1cc(C=NC2CCC2N=Cc2cc(C(C)(CCC[N+](CCCC)(CCCC)CCCC)CCC[N+](CCCC)(CCCC)CCCC)cc(C(C)C)c2O)c(O)c(C(C)C)c1.O=C(O)CC(=O)O.[Cr]. The van der Waals surface area contributed by atoms with E-state index in [1.54, 1.807) is 0 Å². The van der Waals surface area contributed by atoms with Gasteiger partial charge in [0.1, 0.15) is 17.9 Å². The second kappa shape index (κ2) is 44.2. The van der Waals surface area contributed by atoms with Gasteiger partial charge in [-0.2, -0.15) is 0 Å². The summed E-state index contributed by atoms with van der Waals surface area (Å²) in [6.45, 7) is 43.1. The Morgan fingerprint density at radius 1 is 0.482 bits per heavy atom. The van der Waals surface area contributed by atoms with Gasteiger partial charge in [0.15, 0.2) is 0 Å². The van der Waals surface area contributed by atoms with Crippen molar-refractivity contribution >= 4 is 24.4 Å². The second-order valence-corrected chi connectivity index (χ2v) is 25.7. The molecule has 4 N–H and O–H groups in total. The van der Waals surface area contributed by atoms with Gasteiger partial charge in [0, 0.05) is 40.9 Å². The number of carboxylic acids is 2. The number of hydrogen-bond acceptors (Lipinski definition) is 6. The Morgan fingerprint density at radius 3 is 0.952 bits per heavy atom. The molecule has 11 heteroatoms. The van der Waals surface area contributed by atoms with E-state index >= 15 is 0 Å². The first-order valence-corrected chi connectivity index (χ1v) is 32.6. The standard InChI is InChI=1S/C66H116N4O2.C3H4O4.3CH4.Cr/c1-15-23-35-65(13,36-24-16-2)57-47-55(63(71)59(49-57)53(9)10)51-67-61-33-34-62(61)68-52-56-48-58(50-60(54(11)12)64(56)72)66(14,37-31-45-69(39-25-17-3,40-26-18-4)41-27-19-5)38-32-46-70(42-28-20-6,43-29-21-7)44-30-22-8;4-2(5)1-3(6)7;;;;/h47-54,61-62H,15-46H2,1-14H3;1H2,(H,4,5)(H,6,7);3*1H4;/p+2. The van der Waals surface area contributed by atoms with E-state index in [4.69, 9.17) is 20.2 Å². The van der Waals surface area contributed by atoms with Gasteiger partial charge in [-0.3, -0.25) is 19.6 Å². The molecule has 0 aliphatic heterocycles.